The van der Waals surface area contributed by atoms with E-state index in [1.807, 2.05) is 0 Å². The zero-order valence-electron chi connectivity index (χ0n) is 17.7. The second-order valence-corrected chi connectivity index (χ2v) is 8.63. The van der Waals surface area contributed by atoms with E-state index in [1.165, 1.54) is 30.6 Å². The van der Waals surface area contributed by atoms with Gasteiger partial charge >= 0.3 is 0 Å². The number of hydrogen-bond acceptors (Lipinski definition) is 9. The van der Waals surface area contributed by atoms with Crippen molar-refractivity contribution in [3.8, 4) is 5.75 Å². The summed E-state index contributed by atoms with van der Waals surface area (Å²) >= 11 is 9.19. The quantitative estimate of drug-likeness (QED) is 0.265. The molecule has 2 aromatic rings. The predicted molar refractivity (Wildman–Crippen MR) is 129 cm³/mol. The molecule has 180 valence electrons. The van der Waals surface area contributed by atoms with Gasteiger partial charge in [0.1, 0.15) is 12.0 Å². The fourth-order valence-corrected chi connectivity index (χ4v) is 3.94. The van der Waals surface area contributed by atoms with Crippen molar-refractivity contribution in [1.29, 1.82) is 0 Å². The molecule has 0 bridgehead atoms. The Hall–Kier alpha value is -3.22. The number of hydrogen-bond donors (Lipinski definition) is 6. The molecule has 0 saturated heterocycles. The second-order valence-electron chi connectivity index (χ2n) is 7.34. The van der Waals surface area contributed by atoms with Crippen molar-refractivity contribution in [2.24, 2.45) is 4.99 Å². The average Bonchev–Trinajstić information content (AvgIpc) is 2.81. The number of phenols is 1. The third-order valence-electron chi connectivity index (χ3n) is 4.74. The molecule has 1 aromatic carbocycles. The lowest BCUT2D eigenvalue weighted by atomic mass is 10.0. The van der Waals surface area contributed by atoms with Crippen LogP contribution >= 0.6 is 27.5 Å². The fourth-order valence-electron chi connectivity index (χ4n) is 3.10. The predicted octanol–water partition coefficient (Wildman–Crippen LogP) is 1.11. The van der Waals surface area contributed by atoms with Gasteiger partial charge in [0, 0.05) is 29.7 Å². The van der Waals surface area contributed by atoms with Crippen LogP contribution in [0.1, 0.15) is 28.4 Å². The van der Waals surface area contributed by atoms with Crippen molar-refractivity contribution < 1.29 is 24.6 Å². The first-order valence-corrected chi connectivity index (χ1v) is 11.3. The Morgan fingerprint density at radius 2 is 2.12 bits per heavy atom. The van der Waals surface area contributed by atoms with E-state index in [0.29, 0.717) is 34.0 Å². The number of β-amino-alcohol motifs (C(OH)–C–C–N with tert-alkyl or cyclic N) is 1. The van der Waals surface area contributed by atoms with Gasteiger partial charge < -0.3 is 36.3 Å². The van der Waals surface area contributed by atoms with Crippen LogP contribution in [-0.4, -0.2) is 65.0 Å². The highest BCUT2D eigenvalue weighted by Gasteiger charge is 2.21. The fraction of sp³-hybridized carbons (Fsp3) is 0.286. The number of rotatable bonds is 8. The van der Waals surface area contributed by atoms with Crippen LogP contribution in [0.15, 0.2) is 40.1 Å². The van der Waals surface area contributed by atoms with Crippen molar-refractivity contribution in [1.82, 2.24) is 20.9 Å². The SMILES string of the molecule is O=CC[C@@H](NC(=O)CNC(=O)c1cncc(NC2=NCC(O)CN2)c1)c1cc(Cl)cc(Br)c1O. The smallest absolute Gasteiger partial charge is 0.253 e. The molecule has 11 nitrogen and oxygen atoms in total. The summed E-state index contributed by atoms with van der Waals surface area (Å²) in [6.45, 7) is 0.233. The number of aromatic nitrogens is 1. The summed E-state index contributed by atoms with van der Waals surface area (Å²) in [4.78, 5) is 44.2. The van der Waals surface area contributed by atoms with E-state index in [-0.39, 0.29) is 36.4 Å². The van der Waals surface area contributed by atoms with E-state index in [4.69, 9.17) is 11.6 Å². The highest BCUT2D eigenvalue weighted by molar-refractivity contribution is 9.10. The van der Waals surface area contributed by atoms with Crippen LogP contribution in [0.4, 0.5) is 5.69 Å². The van der Waals surface area contributed by atoms with Crippen LogP contribution in [0.2, 0.25) is 5.02 Å². The van der Waals surface area contributed by atoms with Crippen molar-refractivity contribution in [2.45, 2.75) is 18.6 Å². The number of carbonyl (C=O) groups is 3. The number of guanidine groups is 1. The number of nitrogens with zero attached hydrogens (tertiary/aromatic N) is 2. The zero-order valence-corrected chi connectivity index (χ0v) is 20.1. The number of pyridine rings is 1. The molecule has 1 unspecified atom stereocenters. The molecule has 0 saturated carbocycles. The minimum Gasteiger partial charge on any atom is -0.506 e. The molecule has 3 rings (SSSR count). The summed E-state index contributed by atoms with van der Waals surface area (Å²) in [5.74, 6) is -0.818. The third kappa shape index (κ3) is 6.89. The van der Waals surface area contributed by atoms with Gasteiger partial charge in [-0.05, 0) is 34.1 Å². The number of anilines is 1. The molecule has 1 aliphatic heterocycles. The van der Waals surface area contributed by atoms with Crippen LogP contribution in [0.3, 0.4) is 0 Å². The van der Waals surface area contributed by atoms with E-state index in [0.717, 1.165) is 0 Å². The Morgan fingerprint density at radius 1 is 1.32 bits per heavy atom. The minimum atomic E-state index is -0.839. The van der Waals surface area contributed by atoms with E-state index in [9.17, 15) is 24.6 Å². The van der Waals surface area contributed by atoms with E-state index < -0.39 is 24.0 Å². The van der Waals surface area contributed by atoms with Gasteiger partial charge in [0.15, 0.2) is 5.96 Å². The molecule has 34 heavy (non-hydrogen) atoms. The van der Waals surface area contributed by atoms with Crippen LogP contribution in [0.25, 0.3) is 0 Å². The number of carbonyl (C=O) groups excluding carboxylic acids is 3. The maximum Gasteiger partial charge on any atom is 0.253 e. The summed E-state index contributed by atoms with van der Waals surface area (Å²) in [6.07, 6.45) is 2.79. The molecule has 13 heteroatoms. The summed E-state index contributed by atoms with van der Waals surface area (Å²) in [7, 11) is 0. The van der Waals surface area contributed by atoms with Gasteiger partial charge in [0.05, 0.1) is 47.2 Å². The normalized spacial score (nSPS) is 16.0. The first-order valence-electron chi connectivity index (χ1n) is 10.1. The van der Waals surface area contributed by atoms with Crippen molar-refractivity contribution in [3.63, 3.8) is 0 Å². The van der Waals surface area contributed by atoms with E-state index in [2.05, 4.69) is 47.2 Å². The van der Waals surface area contributed by atoms with Crippen LogP contribution in [0.5, 0.6) is 5.75 Å². The van der Waals surface area contributed by atoms with Gasteiger partial charge in [0.2, 0.25) is 5.91 Å². The molecule has 2 atom stereocenters. The molecule has 0 spiro atoms. The molecule has 0 aliphatic carbocycles. The number of nitrogens with one attached hydrogen (secondary N) is 4. The molecule has 1 aromatic heterocycles. The Bertz CT molecular complexity index is 1120. The summed E-state index contributed by atoms with van der Waals surface area (Å²) in [5.41, 5.74) is 0.962. The summed E-state index contributed by atoms with van der Waals surface area (Å²) in [5, 5.41) is 31.0. The number of aliphatic imine (C=N–C) groups is 1. The molecular weight excluding hydrogens is 532 g/mol. The molecular formula is C21H22BrClN6O5. The van der Waals surface area contributed by atoms with Crippen LogP contribution in [-0.2, 0) is 9.59 Å². The lowest BCUT2D eigenvalue weighted by molar-refractivity contribution is -0.121. The Labute approximate surface area is 208 Å². The Morgan fingerprint density at radius 3 is 2.82 bits per heavy atom. The monoisotopic (exact) mass is 552 g/mol. The Kier molecular flexibility index (Phi) is 8.79. The van der Waals surface area contributed by atoms with Crippen LogP contribution < -0.4 is 21.3 Å². The molecule has 2 heterocycles. The topological polar surface area (TPSA) is 165 Å². The van der Waals surface area contributed by atoms with Crippen molar-refractivity contribution >= 4 is 57.3 Å². The van der Waals surface area contributed by atoms with Gasteiger partial charge in [-0.1, -0.05) is 11.6 Å². The largest absolute Gasteiger partial charge is 0.506 e. The standard InChI is InChI=1S/C21H22BrClN6O5/c22-16-5-12(23)4-15(19(16)33)17(1-2-30)29-18(32)10-25-20(34)11-3-13(7-24-6-11)28-21-26-8-14(31)9-27-21/h2-7,14,17,31,33H,1,8-10H2,(H,25,34)(H,29,32)(H2,26,27,28)/t17-/m1/s1. The number of halogens is 2. The maximum absolute atomic E-state index is 12.5. The second kappa shape index (κ2) is 11.8. The molecule has 1 aliphatic rings. The lowest BCUT2D eigenvalue weighted by Gasteiger charge is -2.20. The number of phenolic OH excluding ortho intramolecular Hbond substituents is 1. The van der Waals surface area contributed by atoms with Crippen LogP contribution in [0, 0.1) is 0 Å². The highest BCUT2D eigenvalue weighted by atomic mass is 79.9. The first kappa shape index (κ1) is 25.4. The van der Waals surface area contributed by atoms with E-state index in [1.54, 1.807) is 0 Å². The Balaban J connectivity index is 1.60. The van der Waals surface area contributed by atoms with Gasteiger partial charge in [-0.2, -0.15) is 0 Å². The number of benzene rings is 1. The number of aliphatic hydroxyl groups is 1. The lowest BCUT2D eigenvalue weighted by Crippen LogP contribution is -2.42. The summed E-state index contributed by atoms with van der Waals surface area (Å²) in [6, 6.07) is 3.63. The maximum atomic E-state index is 12.5. The number of aldehydes is 1. The van der Waals surface area contributed by atoms with Gasteiger partial charge in [-0.15, -0.1) is 0 Å². The van der Waals surface area contributed by atoms with Gasteiger partial charge in [0.25, 0.3) is 5.91 Å². The number of amides is 2. The van der Waals surface area contributed by atoms with Gasteiger partial charge in [-0.3, -0.25) is 19.6 Å². The first-order chi connectivity index (χ1) is 16.3. The molecule has 0 radical (unpaired) electrons. The van der Waals surface area contributed by atoms with Crippen molar-refractivity contribution in [3.05, 3.63) is 51.2 Å². The average molecular weight is 554 g/mol. The highest BCUT2D eigenvalue weighted by Crippen LogP contribution is 2.35. The molecule has 6 N–H and O–H groups in total. The number of aromatic hydroxyl groups is 1. The van der Waals surface area contributed by atoms with Crippen molar-refractivity contribution in [2.75, 3.05) is 25.0 Å². The van der Waals surface area contributed by atoms with Gasteiger partial charge in [-0.25, -0.2) is 0 Å². The van der Waals surface area contributed by atoms with E-state index >= 15 is 0 Å². The summed E-state index contributed by atoms with van der Waals surface area (Å²) < 4.78 is 0.319. The minimum absolute atomic E-state index is 0.105. The molecule has 0 fully saturated rings. The zero-order chi connectivity index (χ0) is 24.7. The third-order valence-corrected chi connectivity index (χ3v) is 5.56. The molecule has 2 amide bonds. The number of aliphatic hydroxyl groups excluding tert-OH is 1.